The van der Waals surface area contributed by atoms with Crippen LogP contribution in [0.2, 0.25) is 0 Å². The summed E-state index contributed by atoms with van der Waals surface area (Å²) in [4.78, 5) is 11.6. The molecule has 17 heavy (non-hydrogen) atoms. The highest BCUT2D eigenvalue weighted by Gasteiger charge is 2.46. The van der Waals surface area contributed by atoms with Crippen molar-refractivity contribution in [3.63, 3.8) is 0 Å². The van der Waals surface area contributed by atoms with Crippen molar-refractivity contribution in [2.45, 2.75) is 12.7 Å². The monoisotopic (exact) mass is 236 g/mol. The van der Waals surface area contributed by atoms with Crippen molar-refractivity contribution in [1.29, 1.82) is 0 Å². The van der Waals surface area contributed by atoms with Crippen LogP contribution in [-0.2, 0) is 14.3 Å². The van der Waals surface area contributed by atoms with E-state index in [4.69, 9.17) is 13.9 Å². The number of allylic oxidation sites excluding steroid dienone is 1. The molecule has 90 valence electrons. The summed E-state index contributed by atoms with van der Waals surface area (Å²) < 4.78 is 15.2. The highest BCUT2D eigenvalue weighted by molar-refractivity contribution is 6.01. The maximum absolute atomic E-state index is 11.6. The van der Waals surface area contributed by atoms with Crippen LogP contribution in [0.15, 0.2) is 40.4 Å². The van der Waals surface area contributed by atoms with Gasteiger partial charge in [0.2, 0.25) is 5.76 Å². The molecule has 0 radical (unpaired) electrons. The second-order valence-electron chi connectivity index (χ2n) is 3.64. The fourth-order valence-electron chi connectivity index (χ4n) is 1.42. The molecule has 1 aromatic rings. The van der Waals surface area contributed by atoms with E-state index in [9.17, 15) is 9.90 Å². The summed E-state index contributed by atoms with van der Waals surface area (Å²) in [6, 6.07) is 3.47. The lowest BCUT2D eigenvalue weighted by Gasteiger charge is -2.19. The van der Waals surface area contributed by atoms with Crippen molar-refractivity contribution >= 4 is 11.9 Å². The second-order valence-corrected chi connectivity index (χ2v) is 3.64. The molecule has 0 saturated carbocycles. The number of Topliss-reactive ketones (excluding diaryl/α,β-unsaturated/α-hetero) is 1. The predicted octanol–water partition coefficient (Wildman–Crippen LogP) is 2.02. The molecular formula is C12H12O5. The van der Waals surface area contributed by atoms with E-state index in [0.717, 1.165) is 0 Å². The van der Waals surface area contributed by atoms with Gasteiger partial charge in [-0.05, 0) is 24.3 Å². The highest BCUT2D eigenvalue weighted by atomic mass is 16.7. The average molecular weight is 236 g/mol. The number of hydrogen-bond donors (Lipinski definition) is 1. The van der Waals surface area contributed by atoms with E-state index in [1.165, 1.54) is 26.4 Å². The SMILES string of the molecule is COC1(C)OC(/C=C/c2ccco2)=C(O)C1=O. The van der Waals surface area contributed by atoms with Gasteiger partial charge in [0.1, 0.15) is 5.76 Å². The first kappa shape index (κ1) is 11.5. The van der Waals surface area contributed by atoms with Crippen LogP contribution in [0.25, 0.3) is 6.08 Å². The van der Waals surface area contributed by atoms with E-state index in [-0.39, 0.29) is 5.76 Å². The molecule has 1 unspecified atom stereocenters. The molecule has 0 fully saturated rings. The van der Waals surface area contributed by atoms with Crippen LogP contribution < -0.4 is 0 Å². The van der Waals surface area contributed by atoms with Crippen molar-refractivity contribution in [3.8, 4) is 0 Å². The number of ketones is 1. The zero-order valence-electron chi connectivity index (χ0n) is 9.47. The molecule has 2 rings (SSSR count). The lowest BCUT2D eigenvalue weighted by molar-refractivity contribution is -0.181. The third-order valence-corrected chi connectivity index (χ3v) is 2.50. The van der Waals surface area contributed by atoms with Gasteiger partial charge < -0.3 is 19.0 Å². The van der Waals surface area contributed by atoms with Gasteiger partial charge in [-0.3, -0.25) is 4.79 Å². The number of furan rings is 1. The largest absolute Gasteiger partial charge is 0.502 e. The molecule has 0 aliphatic carbocycles. The van der Waals surface area contributed by atoms with Crippen LogP contribution in [-0.4, -0.2) is 23.8 Å². The van der Waals surface area contributed by atoms with Crippen LogP contribution in [0.3, 0.4) is 0 Å². The lowest BCUT2D eigenvalue weighted by Crippen LogP contribution is -2.35. The molecule has 5 nitrogen and oxygen atoms in total. The first-order chi connectivity index (χ1) is 8.07. The minimum absolute atomic E-state index is 0.0655. The topological polar surface area (TPSA) is 68.9 Å². The molecule has 1 aliphatic rings. The van der Waals surface area contributed by atoms with Crippen LogP contribution >= 0.6 is 0 Å². The number of rotatable bonds is 3. The van der Waals surface area contributed by atoms with E-state index in [1.54, 1.807) is 18.2 Å². The predicted molar refractivity (Wildman–Crippen MR) is 58.9 cm³/mol. The van der Waals surface area contributed by atoms with Crippen molar-refractivity contribution in [1.82, 2.24) is 0 Å². The quantitative estimate of drug-likeness (QED) is 0.869. The highest BCUT2D eigenvalue weighted by Crippen LogP contribution is 2.30. The molecule has 1 aliphatic heterocycles. The van der Waals surface area contributed by atoms with Gasteiger partial charge in [0.15, 0.2) is 5.76 Å². The van der Waals surface area contributed by atoms with E-state index in [2.05, 4.69) is 0 Å². The fraction of sp³-hybridized carbons (Fsp3) is 0.250. The molecule has 0 aromatic carbocycles. The Kier molecular flexibility index (Phi) is 2.77. The Morgan fingerprint density at radius 1 is 1.47 bits per heavy atom. The van der Waals surface area contributed by atoms with Gasteiger partial charge in [0, 0.05) is 14.0 Å². The van der Waals surface area contributed by atoms with E-state index >= 15 is 0 Å². The Bertz CT molecular complexity index is 483. The van der Waals surface area contributed by atoms with Crippen molar-refractivity contribution in [3.05, 3.63) is 41.8 Å². The smallest absolute Gasteiger partial charge is 0.275 e. The summed E-state index contributed by atoms with van der Waals surface area (Å²) in [6.45, 7) is 1.44. The fourth-order valence-corrected chi connectivity index (χ4v) is 1.42. The molecule has 0 bridgehead atoms. The number of ether oxygens (including phenoxy) is 2. The first-order valence-corrected chi connectivity index (χ1v) is 5.00. The van der Waals surface area contributed by atoms with Crippen LogP contribution in [0.1, 0.15) is 12.7 Å². The number of aliphatic hydroxyl groups excluding tert-OH is 1. The Hall–Kier alpha value is -2.01. The zero-order chi connectivity index (χ0) is 12.5. The standard InChI is InChI=1S/C12H12O5/c1-12(15-2)11(14)10(13)9(17-12)6-5-8-4-3-7-16-8/h3-7,13H,1-2H3/b6-5+. The number of aliphatic hydroxyl groups is 1. The molecule has 1 N–H and O–H groups in total. The average Bonchev–Trinajstić information content (AvgIpc) is 2.91. The Balaban J connectivity index is 2.21. The lowest BCUT2D eigenvalue weighted by atomic mass is 10.2. The molecule has 2 heterocycles. The minimum atomic E-state index is -1.45. The number of carbonyl (C=O) groups excluding carboxylic acids is 1. The van der Waals surface area contributed by atoms with Gasteiger partial charge >= 0.3 is 0 Å². The first-order valence-electron chi connectivity index (χ1n) is 5.00. The molecule has 0 saturated heterocycles. The van der Waals surface area contributed by atoms with Gasteiger partial charge in [-0.15, -0.1) is 0 Å². The van der Waals surface area contributed by atoms with Crippen LogP contribution in [0.5, 0.6) is 0 Å². The summed E-state index contributed by atoms with van der Waals surface area (Å²) >= 11 is 0. The Labute approximate surface area is 97.9 Å². The van der Waals surface area contributed by atoms with Gasteiger partial charge in [0.05, 0.1) is 6.26 Å². The zero-order valence-corrected chi connectivity index (χ0v) is 9.47. The van der Waals surface area contributed by atoms with Crippen LogP contribution in [0.4, 0.5) is 0 Å². The maximum Gasteiger partial charge on any atom is 0.275 e. The number of hydrogen-bond acceptors (Lipinski definition) is 5. The van der Waals surface area contributed by atoms with Crippen molar-refractivity contribution in [2.24, 2.45) is 0 Å². The molecule has 5 heteroatoms. The molecule has 0 spiro atoms. The van der Waals surface area contributed by atoms with Gasteiger partial charge in [0.25, 0.3) is 11.6 Å². The van der Waals surface area contributed by atoms with Gasteiger partial charge in [-0.25, -0.2) is 0 Å². The maximum atomic E-state index is 11.6. The minimum Gasteiger partial charge on any atom is -0.502 e. The number of carbonyl (C=O) groups is 1. The normalized spacial score (nSPS) is 24.7. The Morgan fingerprint density at radius 2 is 2.24 bits per heavy atom. The number of methoxy groups -OCH3 is 1. The van der Waals surface area contributed by atoms with Gasteiger partial charge in [-0.2, -0.15) is 0 Å². The van der Waals surface area contributed by atoms with E-state index in [0.29, 0.717) is 5.76 Å². The summed E-state index contributed by atoms with van der Waals surface area (Å²) in [7, 11) is 1.34. The van der Waals surface area contributed by atoms with E-state index in [1.807, 2.05) is 0 Å². The summed E-state index contributed by atoms with van der Waals surface area (Å²) in [5.41, 5.74) is 0. The van der Waals surface area contributed by atoms with Crippen molar-refractivity contribution < 1.29 is 23.8 Å². The van der Waals surface area contributed by atoms with Crippen molar-refractivity contribution in [2.75, 3.05) is 7.11 Å². The molecule has 1 aromatic heterocycles. The summed E-state index contributed by atoms with van der Waals surface area (Å²) in [5, 5.41) is 9.60. The Morgan fingerprint density at radius 3 is 2.76 bits per heavy atom. The third kappa shape index (κ3) is 1.97. The molecule has 1 atom stereocenters. The van der Waals surface area contributed by atoms with Crippen LogP contribution in [0, 0.1) is 0 Å². The second kappa shape index (κ2) is 4.10. The summed E-state index contributed by atoms with van der Waals surface area (Å²) in [5.74, 6) is -1.84. The van der Waals surface area contributed by atoms with Gasteiger partial charge in [-0.1, -0.05) is 0 Å². The third-order valence-electron chi connectivity index (χ3n) is 2.50. The molecule has 0 amide bonds. The van der Waals surface area contributed by atoms with E-state index < -0.39 is 17.3 Å². The molecular weight excluding hydrogens is 224 g/mol. The summed E-state index contributed by atoms with van der Waals surface area (Å²) in [6.07, 6.45) is 4.56.